The van der Waals surface area contributed by atoms with Gasteiger partial charge in [0, 0.05) is 27.7 Å². The van der Waals surface area contributed by atoms with Crippen molar-refractivity contribution in [3.8, 4) is 5.69 Å². The zero-order valence-electron chi connectivity index (χ0n) is 13.4. The lowest BCUT2D eigenvalue weighted by atomic mass is 10.1. The number of hydrogen-bond donors (Lipinski definition) is 1. The van der Waals surface area contributed by atoms with Crippen LogP contribution in [0.3, 0.4) is 0 Å². The molecule has 0 aliphatic rings. The van der Waals surface area contributed by atoms with Crippen molar-refractivity contribution in [2.45, 2.75) is 26.2 Å². The molecule has 24 heavy (non-hydrogen) atoms. The topological polar surface area (TPSA) is 33.6 Å². The molecule has 4 rings (SSSR count). The van der Waals surface area contributed by atoms with E-state index in [-0.39, 0.29) is 11.5 Å². The molecular formula is C19H17F2N3. The number of H-pyrrole nitrogens is 1. The van der Waals surface area contributed by atoms with E-state index in [4.69, 9.17) is 0 Å². The summed E-state index contributed by atoms with van der Waals surface area (Å²) in [5, 5.41) is 9.11. The number of alkyl halides is 2. The molecule has 0 unspecified atom stereocenters. The van der Waals surface area contributed by atoms with Gasteiger partial charge in [0.05, 0.1) is 17.2 Å². The van der Waals surface area contributed by atoms with Crippen LogP contribution in [0.1, 0.15) is 37.4 Å². The molecule has 0 aliphatic carbocycles. The van der Waals surface area contributed by atoms with Gasteiger partial charge in [-0.1, -0.05) is 26.0 Å². The normalized spacial score (nSPS) is 12.1. The fraction of sp³-hybridized carbons (Fsp3) is 0.211. The highest BCUT2D eigenvalue weighted by atomic mass is 19.3. The highest BCUT2D eigenvalue weighted by molar-refractivity contribution is 5.96. The van der Waals surface area contributed by atoms with Crippen LogP contribution in [0.5, 0.6) is 0 Å². The predicted molar refractivity (Wildman–Crippen MR) is 92.0 cm³/mol. The molecule has 0 atom stereocenters. The van der Waals surface area contributed by atoms with Gasteiger partial charge in [0.2, 0.25) is 0 Å². The quantitative estimate of drug-likeness (QED) is 0.525. The highest BCUT2D eigenvalue weighted by Crippen LogP contribution is 2.32. The lowest BCUT2D eigenvalue weighted by Crippen LogP contribution is -2.02. The Morgan fingerprint density at radius 1 is 1.04 bits per heavy atom. The summed E-state index contributed by atoms with van der Waals surface area (Å²) in [7, 11) is 0. The molecule has 2 aromatic carbocycles. The van der Waals surface area contributed by atoms with E-state index in [2.05, 4.69) is 46.8 Å². The van der Waals surface area contributed by atoms with E-state index in [0.717, 1.165) is 33.2 Å². The third kappa shape index (κ3) is 2.28. The molecule has 0 radical (unpaired) electrons. The van der Waals surface area contributed by atoms with Crippen molar-refractivity contribution in [3.63, 3.8) is 0 Å². The molecule has 2 heterocycles. The summed E-state index contributed by atoms with van der Waals surface area (Å²) >= 11 is 0. The summed E-state index contributed by atoms with van der Waals surface area (Å²) in [6, 6.07) is 12.8. The Labute approximate surface area is 137 Å². The van der Waals surface area contributed by atoms with Gasteiger partial charge in [-0.3, -0.25) is 5.10 Å². The van der Waals surface area contributed by atoms with Crippen molar-refractivity contribution >= 4 is 21.8 Å². The van der Waals surface area contributed by atoms with Crippen LogP contribution >= 0.6 is 0 Å². The van der Waals surface area contributed by atoms with Crippen LogP contribution in [-0.2, 0) is 0 Å². The molecule has 1 N–H and O–H groups in total. The Kier molecular flexibility index (Phi) is 3.37. The summed E-state index contributed by atoms with van der Waals surface area (Å²) in [6.45, 7) is 4.21. The SMILES string of the molecule is CC(C)c1cc2cc3[nH]ncc3cc2n1-c1cccc(C(F)F)c1. The van der Waals surface area contributed by atoms with Crippen LogP contribution in [0.25, 0.3) is 27.5 Å². The van der Waals surface area contributed by atoms with E-state index in [1.807, 2.05) is 6.07 Å². The van der Waals surface area contributed by atoms with Crippen LogP contribution in [0.2, 0.25) is 0 Å². The molecule has 0 spiro atoms. The minimum absolute atomic E-state index is 0.0356. The predicted octanol–water partition coefficient (Wildman–Crippen LogP) is 5.57. The maximum Gasteiger partial charge on any atom is 0.263 e. The molecule has 122 valence electrons. The molecule has 2 aromatic heterocycles. The Bertz CT molecular complexity index is 1030. The van der Waals surface area contributed by atoms with Crippen LogP contribution in [0.4, 0.5) is 8.78 Å². The first-order valence-corrected chi connectivity index (χ1v) is 7.91. The number of nitrogens with zero attached hydrogens (tertiary/aromatic N) is 2. The summed E-state index contributed by atoms with van der Waals surface area (Å²) in [4.78, 5) is 0. The number of aromatic nitrogens is 3. The molecule has 3 nitrogen and oxygen atoms in total. The lowest BCUT2D eigenvalue weighted by Gasteiger charge is -2.14. The zero-order chi connectivity index (χ0) is 16.8. The van der Waals surface area contributed by atoms with Gasteiger partial charge in [0.1, 0.15) is 0 Å². The molecule has 0 amide bonds. The monoisotopic (exact) mass is 325 g/mol. The number of fused-ring (bicyclic) bond motifs is 2. The average molecular weight is 325 g/mol. The second kappa shape index (κ2) is 5.44. The number of benzene rings is 2. The van der Waals surface area contributed by atoms with Crippen LogP contribution in [0, 0.1) is 0 Å². The fourth-order valence-corrected chi connectivity index (χ4v) is 3.18. The largest absolute Gasteiger partial charge is 0.313 e. The Morgan fingerprint density at radius 3 is 2.62 bits per heavy atom. The summed E-state index contributed by atoms with van der Waals surface area (Å²) in [6.07, 6.45) is -0.702. The van der Waals surface area contributed by atoms with Gasteiger partial charge in [-0.25, -0.2) is 8.78 Å². The van der Waals surface area contributed by atoms with Crippen molar-refractivity contribution in [2.24, 2.45) is 0 Å². The standard InChI is InChI=1S/C19H17F2N3/c1-11(2)17-8-13-7-16-14(10-22-23-16)9-18(13)24(17)15-5-3-4-12(6-15)19(20)21/h3-11,19H,1-2H3,(H,22,23). The van der Waals surface area contributed by atoms with Crippen molar-refractivity contribution in [1.82, 2.24) is 14.8 Å². The Balaban J connectivity index is 2.04. The number of aromatic amines is 1. The molecule has 4 aromatic rings. The summed E-state index contributed by atoms with van der Waals surface area (Å²) in [5.74, 6) is 0.268. The first-order valence-electron chi connectivity index (χ1n) is 7.91. The number of halogens is 2. The third-order valence-corrected chi connectivity index (χ3v) is 4.36. The second-order valence-corrected chi connectivity index (χ2v) is 6.32. The third-order valence-electron chi connectivity index (χ3n) is 4.36. The van der Waals surface area contributed by atoms with Crippen LogP contribution < -0.4 is 0 Å². The van der Waals surface area contributed by atoms with E-state index in [0.29, 0.717) is 0 Å². The molecule has 0 bridgehead atoms. The van der Waals surface area contributed by atoms with Crippen LogP contribution in [0.15, 0.2) is 48.7 Å². The van der Waals surface area contributed by atoms with Gasteiger partial charge in [0.25, 0.3) is 6.43 Å². The fourth-order valence-electron chi connectivity index (χ4n) is 3.18. The molecule has 0 saturated heterocycles. The van der Waals surface area contributed by atoms with Crippen LogP contribution in [-0.4, -0.2) is 14.8 Å². The van der Waals surface area contributed by atoms with E-state index < -0.39 is 6.43 Å². The van der Waals surface area contributed by atoms with E-state index in [1.165, 1.54) is 6.07 Å². The number of nitrogens with one attached hydrogen (secondary N) is 1. The van der Waals surface area contributed by atoms with Crippen molar-refractivity contribution in [2.75, 3.05) is 0 Å². The molecule has 0 fully saturated rings. The summed E-state index contributed by atoms with van der Waals surface area (Å²) in [5.41, 5.74) is 3.86. The smallest absolute Gasteiger partial charge is 0.263 e. The Hall–Kier alpha value is -2.69. The Morgan fingerprint density at radius 2 is 1.88 bits per heavy atom. The van der Waals surface area contributed by atoms with E-state index in [9.17, 15) is 8.78 Å². The number of rotatable bonds is 3. The lowest BCUT2D eigenvalue weighted by molar-refractivity contribution is 0.151. The van der Waals surface area contributed by atoms with Crippen molar-refractivity contribution in [1.29, 1.82) is 0 Å². The summed E-state index contributed by atoms with van der Waals surface area (Å²) < 4.78 is 28.3. The van der Waals surface area contributed by atoms with Crippen molar-refractivity contribution < 1.29 is 8.78 Å². The number of hydrogen-bond acceptors (Lipinski definition) is 1. The molecule has 5 heteroatoms. The second-order valence-electron chi connectivity index (χ2n) is 6.32. The average Bonchev–Trinajstić information content (AvgIpc) is 3.16. The zero-order valence-corrected chi connectivity index (χ0v) is 13.4. The van der Waals surface area contributed by atoms with Crippen molar-refractivity contribution in [3.05, 3.63) is 59.9 Å². The minimum atomic E-state index is -2.48. The maximum absolute atomic E-state index is 13.1. The van der Waals surface area contributed by atoms with Gasteiger partial charge in [0.15, 0.2) is 0 Å². The molecule has 0 aliphatic heterocycles. The van der Waals surface area contributed by atoms with Gasteiger partial charge >= 0.3 is 0 Å². The first-order chi connectivity index (χ1) is 11.5. The van der Waals surface area contributed by atoms with Gasteiger partial charge < -0.3 is 4.57 Å². The first kappa shape index (κ1) is 14.9. The highest BCUT2D eigenvalue weighted by Gasteiger charge is 2.16. The molecular weight excluding hydrogens is 308 g/mol. The van der Waals surface area contributed by atoms with E-state index >= 15 is 0 Å². The van der Waals surface area contributed by atoms with E-state index in [1.54, 1.807) is 18.3 Å². The van der Waals surface area contributed by atoms with Gasteiger partial charge in [-0.2, -0.15) is 5.10 Å². The van der Waals surface area contributed by atoms with Gasteiger partial charge in [-0.05, 0) is 36.2 Å². The minimum Gasteiger partial charge on any atom is -0.313 e. The molecule has 0 saturated carbocycles. The van der Waals surface area contributed by atoms with Gasteiger partial charge in [-0.15, -0.1) is 0 Å². The maximum atomic E-state index is 13.1.